The van der Waals surface area contributed by atoms with Crippen LogP contribution in [0.15, 0.2) is 76.9 Å². The van der Waals surface area contributed by atoms with Crippen molar-refractivity contribution in [1.29, 1.82) is 0 Å². The van der Waals surface area contributed by atoms with E-state index in [-0.39, 0.29) is 11.9 Å². The first-order chi connectivity index (χ1) is 12.7. The Labute approximate surface area is 158 Å². The molecule has 0 spiro atoms. The van der Waals surface area contributed by atoms with Gasteiger partial charge in [0.05, 0.1) is 5.57 Å². The number of nitrogens with one attached hydrogen (secondary N) is 2. The minimum atomic E-state index is -0.305. The molecule has 0 aromatic heterocycles. The van der Waals surface area contributed by atoms with E-state index in [0.29, 0.717) is 5.57 Å². The van der Waals surface area contributed by atoms with Gasteiger partial charge < -0.3 is 10.6 Å². The molecule has 2 N–H and O–H groups in total. The summed E-state index contributed by atoms with van der Waals surface area (Å²) < 4.78 is 0. The van der Waals surface area contributed by atoms with Gasteiger partial charge in [-0.05, 0) is 31.0 Å². The highest BCUT2D eigenvalue weighted by molar-refractivity contribution is 8.13. The molecule has 0 bridgehead atoms. The fourth-order valence-corrected chi connectivity index (χ4v) is 3.61. The summed E-state index contributed by atoms with van der Waals surface area (Å²) >= 11 is 1.69. The van der Waals surface area contributed by atoms with Gasteiger partial charge in [-0.3, -0.25) is 4.79 Å². The van der Waals surface area contributed by atoms with Gasteiger partial charge in [0.25, 0.3) is 5.91 Å². The first kappa shape index (κ1) is 18.3. The molecule has 26 heavy (non-hydrogen) atoms. The Hall–Kier alpha value is -2.53. The second kappa shape index (κ2) is 8.72. The number of para-hydroxylation sites is 1. The van der Waals surface area contributed by atoms with Crippen molar-refractivity contribution in [3.8, 4) is 0 Å². The van der Waals surface area contributed by atoms with Crippen LogP contribution in [-0.2, 0) is 4.79 Å². The van der Waals surface area contributed by atoms with Crippen LogP contribution in [0.2, 0.25) is 0 Å². The van der Waals surface area contributed by atoms with E-state index in [4.69, 9.17) is 4.99 Å². The lowest BCUT2D eigenvalue weighted by Crippen LogP contribution is -2.32. The molecule has 1 atom stereocenters. The minimum Gasteiger partial charge on any atom is -0.338 e. The topological polar surface area (TPSA) is 53.5 Å². The first-order valence-electron chi connectivity index (χ1n) is 8.78. The van der Waals surface area contributed by atoms with Gasteiger partial charge in [0.15, 0.2) is 5.17 Å². The van der Waals surface area contributed by atoms with Crippen molar-refractivity contribution in [3.63, 3.8) is 0 Å². The van der Waals surface area contributed by atoms with Gasteiger partial charge in [-0.15, -0.1) is 0 Å². The maximum Gasteiger partial charge on any atom is 0.255 e. The lowest BCUT2D eigenvalue weighted by molar-refractivity contribution is -0.113. The number of hydrogen-bond acceptors (Lipinski definition) is 4. The average molecular weight is 366 g/mol. The Morgan fingerprint density at radius 1 is 1.12 bits per heavy atom. The van der Waals surface area contributed by atoms with Gasteiger partial charge in [0.2, 0.25) is 0 Å². The fraction of sp³-hybridized carbons (Fsp3) is 0.238. The van der Waals surface area contributed by atoms with Gasteiger partial charge in [-0.25, -0.2) is 4.99 Å². The van der Waals surface area contributed by atoms with Crippen molar-refractivity contribution < 1.29 is 4.79 Å². The molecule has 1 amide bonds. The molecule has 2 aromatic carbocycles. The maximum absolute atomic E-state index is 13.0. The monoisotopic (exact) mass is 365 g/mol. The molecule has 0 saturated carbocycles. The number of rotatable bonds is 5. The Morgan fingerprint density at radius 2 is 1.77 bits per heavy atom. The summed E-state index contributed by atoms with van der Waals surface area (Å²) in [6.45, 7) is 4.09. The van der Waals surface area contributed by atoms with Crippen molar-refractivity contribution in [2.75, 3.05) is 11.1 Å². The summed E-state index contributed by atoms with van der Waals surface area (Å²) in [5.41, 5.74) is 3.29. The van der Waals surface area contributed by atoms with E-state index in [1.807, 2.05) is 67.6 Å². The Morgan fingerprint density at radius 3 is 2.42 bits per heavy atom. The SMILES string of the molecule is CCCSC1=N[C@H](c2ccccc2)C(C(=O)Nc2ccccc2)=C(C)N1. The lowest BCUT2D eigenvalue weighted by atomic mass is 9.96. The standard InChI is InChI=1S/C21H23N3OS/c1-3-14-26-21-22-15(2)18(19(24-21)16-10-6-4-7-11-16)20(25)23-17-12-8-5-9-13-17/h4-13,19H,3,14H2,1-2H3,(H,22,24)(H,23,25)/t19-/m1/s1. The second-order valence-electron chi connectivity index (χ2n) is 6.08. The highest BCUT2D eigenvalue weighted by Gasteiger charge is 2.29. The van der Waals surface area contributed by atoms with Crippen LogP contribution in [0.3, 0.4) is 0 Å². The molecule has 0 radical (unpaired) electrons. The zero-order valence-electron chi connectivity index (χ0n) is 15.0. The molecule has 5 heteroatoms. The number of benzene rings is 2. The number of anilines is 1. The summed E-state index contributed by atoms with van der Waals surface area (Å²) in [7, 11) is 0. The van der Waals surface area contributed by atoms with Crippen molar-refractivity contribution in [3.05, 3.63) is 77.5 Å². The molecule has 4 nitrogen and oxygen atoms in total. The largest absolute Gasteiger partial charge is 0.338 e. The van der Waals surface area contributed by atoms with Gasteiger partial charge in [0.1, 0.15) is 6.04 Å². The summed E-state index contributed by atoms with van der Waals surface area (Å²) in [6, 6.07) is 19.2. The molecule has 0 saturated heterocycles. The van der Waals surface area contributed by atoms with Crippen molar-refractivity contribution in [1.82, 2.24) is 5.32 Å². The molecule has 0 unspecified atom stereocenters. The van der Waals surface area contributed by atoms with Crippen molar-refractivity contribution in [2.24, 2.45) is 4.99 Å². The fourth-order valence-electron chi connectivity index (χ4n) is 2.81. The molecule has 3 rings (SSSR count). The van der Waals surface area contributed by atoms with E-state index in [2.05, 4.69) is 17.6 Å². The van der Waals surface area contributed by atoms with E-state index in [9.17, 15) is 4.79 Å². The van der Waals surface area contributed by atoms with Gasteiger partial charge >= 0.3 is 0 Å². The molecule has 0 fully saturated rings. The third kappa shape index (κ3) is 4.35. The van der Waals surface area contributed by atoms with E-state index < -0.39 is 0 Å². The van der Waals surface area contributed by atoms with Crippen LogP contribution < -0.4 is 10.6 Å². The number of amides is 1. The Balaban J connectivity index is 1.91. The average Bonchev–Trinajstić information content (AvgIpc) is 2.67. The Kier molecular flexibility index (Phi) is 6.12. The quantitative estimate of drug-likeness (QED) is 0.804. The number of hydrogen-bond donors (Lipinski definition) is 2. The maximum atomic E-state index is 13.0. The molecule has 0 aliphatic carbocycles. The number of allylic oxidation sites excluding steroid dienone is 1. The number of thioether (sulfide) groups is 1. The molecule has 1 aliphatic rings. The van der Waals surface area contributed by atoms with Crippen LogP contribution >= 0.6 is 11.8 Å². The third-order valence-electron chi connectivity index (χ3n) is 4.05. The van der Waals surface area contributed by atoms with Crippen LogP contribution in [0.1, 0.15) is 31.9 Å². The summed E-state index contributed by atoms with van der Waals surface area (Å²) in [5.74, 6) is 0.866. The van der Waals surface area contributed by atoms with Gasteiger partial charge in [-0.1, -0.05) is 67.2 Å². The third-order valence-corrected chi connectivity index (χ3v) is 5.15. The molecule has 2 aromatic rings. The van der Waals surface area contributed by atoms with E-state index >= 15 is 0 Å². The molecular weight excluding hydrogens is 342 g/mol. The highest BCUT2D eigenvalue weighted by atomic mass is 32.2. The van der Waals surface area contributed by atoms with E-state index in [1.165, 1.54) is 0 Å². The predicted molar refractivity (Wildman–Crippen MR) is 110 cm³/mol. The number of amidine groups is 1. The van der Waals surface area contributed by atoms with Crippen LogP contribution in [0.25, 0.3) is 0 Å². The number of carbonyl (C=O) groups excluding carboxylic acids is 1. The van der Waals surface area contributed by atoms with Crippen molar-refractivity contribution in [2.45, 2.75) is 26.3 Å². The van der Waals surface area contributed by atoms with E-state index in [1.54, 1.807) is 11.8 Å². The molecule has 134 valence electrons. The summed E-state index contributed by atoms with van der Waals surface area (Å²) in [5, 5.41) is 7.16. The number of nitrogens with zero attached hydrogens (tertiary/aromatic N) is 1. The zero-order chi connectivity index (χ0) is 18.4. The predicted octanol–water partition coefficient (Wildman–Crippen LogP) is 4.74. The second-order valence-corrected chi connectivity index (χ2v) is 7.16. The molecular formula is C21H23N3OS. The van der Waals surface area contributed by atoms with Crippen LogP contribution in [0.4, 0.5) is 5.69 Å². The zero-order valence-corrected chi connectivity index (χ0v) is 15.8. The molecule has 1 heterocycles. The summed E-state index contributed by atoms with van der Waals surface area (Å²) in [6.07, 6.45) is 1.07. The van der Waals surface area contributed by atoms with E-state index in [0.717, 1.165) is 34.3 Å². The lowest BCUT2D eigenvalue weighted by Gasteiger charge is -2.26. The number of aliphatic imine (C=N–C) groups is 1. The van der Waals surface area contributed by atoms with Gasteiger partial charge in [0, 0.05) is 17.1 Å². The number of carbonyl (C=O) groups is 1. The van der Waals surface area contributed by atoms with Crippen LogP contribution in [0, 0.1) is 0 Å². The smallest absolute Gasteiger partial charge is 0.255 e. The normalized spacial score (nSPS) is 16.7. The van der Waals surface area contributed by atoms with Gasteiger partial charge in [-0.2, -0.15) is 0 Å². The minimum absolute atomic E-state index is 0.127. The molecule has 1 aliphatic heterocycles. The summed E-state index contributed by atoms with van der Waals surface area (Å²) in [4.78, 5) is 17.8. The van der Waals surface area contributed by atoms with Crippen molar-refractivity contribution >= 4 is 28.5 Å². The highest BCUT2D eigenvalue weighted by Crippen LogP contribution is 2.32. The first-order valence-corrected chi connectivity index (χ1v) is 9.77. The Bertz CT molecular complexity index is 816. The van der Waals surface area contributed by atoms with Crippen LogP contribution in [0.5, 0.6) is 0 Å². The van der Waals surface area contributed by atoms with Crippen LogP contribution in [-0.4, -0.2) is 16.8 Å².